The van der Waals surface area contributed by atoms with Crippen molar-refractivity contribution in [3.05, 3.63) is 102 Å². The molecule has 2 aromatic heterocycles. The van der Waals surface area contributed by atoms with E-state index in [0.29, 0.717) is 5.11 Å². The normalized spacial score (nSPS) is 19.6. The summed E-state index contributed by atoms with van der Waals surface area (Å²) in [7, 11) is 0. The molecule has 6 rings (SSSR count). The summed E-state index contributed by atoms with van der Waals surface area (Å²) in [5.41, 5.74) is 7.68. The van der Waals surface area contributed by atoms with Crippen LogP contribution in [-0.4, -0.2) is 46.1 Å². The van der Waals surface area contributed by atoms with Gasteiger partial charge in [0.15, 0.2) is 5.11 Å². The maximum Gasteiger partial charge on any atom is 0.174 e. The first-order chi connectivity index (χ1) is 18.5. The van der Waals surface area contributed by atoms with E-state index in [1.165, 1.54) is 11.3 Å². The Morgan fingerprint density at radius 2 is 1.61 bits per heavy atom. The molecule has 2 aromatic carbocycles. The van der Waals surface area contributed by atoms with Gasteiger partial charge in [0.1, 0.15) is 5.75 Å². The fraction of sp³-hybridized carbons (Fsp3) is 0.267. The van der Waals surface area contributed by atoms with E-state index in [4.69, 9.17) is 17.0 Å². The highest BCUT2D eigenvalue weighted by Crippen LogP contribution is 2.44. The lowest BCUT2D eigenvalue weighted by molar-refractivity contribution is 0.122. The number of pyridine rings is 1. The molecule has 8 heteroatoms. The van der Waals surface area contributed by atoms with Gasteiger partial charge in [-0.3, -0.25) is 4.98 Å². The predicted octanol–water partition coefficient (Wildman–Crippen LogP) is 5.21. The van der Waals surface area contributed by atoms with Crippen molar-refractivity contribution in [2.24, 2.45) is 0 Å². The molecule has 2 aliphatic heterocycles. The van der Waals surface area contributed by atoms with E-state index in [-0.39, 0.29) is 17.8 Å². The van der Waals surface area contributed by atoms with Gasteiger partial charge in [-0.1, -0.05) is 6.07 Å². The summed E-state index contributed by atoms with van der Waals surface area (Å²) in [6, 6.07) is 24.0. The van der Waals surface area contributed by atoms with E-state index in [0.717, 1.165) is 54.8 Å². The molecular weight excluding hydrogens is 494 g/mol. The topological polar surface area (TPSA) is 65.8 Å². The van der Waals surface area contributed by atoms with Gasteiger partial charge in [-0.05, 0) is 98.4 Å². The first kappa shape index (κ1) is 24.5. The standard InChI is InChI=1S/C30H31N5O2S/c1-20-19-26(21(2)34(20)23-8-6-22(7-9-23)33-15-17-37-18-16-33)29-28(27-5-3-4-14-31-27)32-30(38)35(29)24-10-12-25(36)13-11-24/h3-14,19,28-29,36H,15-18H2,1-2H3,(H,32,38)/t28-,29-/m0/s1. The average molecular weight is 526 g/mol. The van der Waals surface area contributed by atoms with E-state index < -0.39 is 0 Å². The maximum atomic E-state index is 9.90. The smallest absolute Gasteiger partial charge is 0.174 e. The number of aromatic nitrogens is 2. The zero-order valence-electron chi connectivity index (χ0n) is 21.5. The van der Waals surface area contributed by atoms with Crippen LogP contribution in [0.3, 0.4) is 0 Å². The SMILES string of the molecule is Cc1cc([C@H]2[C@H](c3ccccn3)NC(=S)N2c2ccc(O)cc2)c(C)n1-c1ccc(N2CCOCC2)cc1. The van der Waals surface area contributed by atoms with Crippen molar-refractivity contribution in [1.82, 2.24) is 14.9 Å². The van der Waals surface area contributed by atoms with E-state index in [9.17, 15) is 5.11 Å². The van der Waals surface area contributed by atoms with Crippen LogP contribution in [0.1, 0.15) is 34.7 Å². The first-order valence-corrected chi connectivity index (χ1v) is 13.3. The Balaban J connectivity index is 1.41. The van der Waals surface area contributed by atoms with Gasteiger partial charge in [-0.25, -0.2) is 0 Å². The number of ether oxygens (including phenoxy) is 1. The highest BCUT2D eigenvalue weighted by Gasteiger charge is 2.42. The molecule has 4 heterocycles. The molecule has 0 amide bonds. The summed E-state index contributed by atoms with van der Waals surface area (Å²) in [6.07, 6.45) is 1.82. The molecule has 2 N–H and O–H groups in total. The third-order valence-corrected chi connectivity index (χ3v) is 7.81. The predicted molar refractivity (Wildman–Crippen MR) is 154 cm³/mol. The Bertz CT molecular complexity index is 1430. The molecule has 38 heavy (non-hydrogen) atoms. The molecule has 4 aromatic rings. The number of nitrogens with zero attached hydrogens (tertiary/aromatic N) is 4. The van der Waals surface area contributed by atoms with Crippen LogP contribution in [-0.2, 0) is 4.74 Å². The third-order valence-electron chi connectivity index (χ3n) is 7.50. The lowest BCUT2D eigenvalue weighted by atomic mass is 9.96. The van der Waals surface area contributed by atoms with E-state index in [1.807, 2.05) is 36.5 Å². The van der Waals surface area contributed by atoms with E-state index in [1.54, 1.807) is 12.1 Å². The number of aromatic hydroxyl groups is 1. The van der Waals surface area contributed by atoms with Crippen molar-refractivity contribution in [1.29, 1.82) is 0 Å². The molecule has 0 aliphatic carbocycles. The van der Waals surface area contributed by atoms with Gasteiger partial charge < -0.3 is 29.5 Å². The summed E-state index contributed by atoms with van der Waals surface area (Å²) in [6.45, 7) is 7.70. The van der Waals surface area contributed by atoms with Crippen LogP contribution in [0.25, 0.3) is 5.69 Å². The molecule has 2 saturated heterocycles. The Hall–Kier alpha value is -3.88. The van der Waals surface area contributed by atoms with Crippen molar-refractivity contribution in [2.75, 3.05) is 36.1 Å². The van der Waals surface area contributed by atoms with Gasteiger partial charge in [-0.2, -0.15) is 0 Å². The Kier molecular flexibility index (Phi) is 6.51. The highest BCUT2D eigenvalue weighted by molar-refractivity contribution is 7.80. The van der Waals surface area contributed by atoms with Gasteiger partial charge >= 0.3 is 0 Å². The number of thiocarbonyl (C=S) groups is 1. The van der Waals surface area contributed by atoms with Crippen molar-refractivity contribution >= 4 is 28.7 Å². The van der Waals surface area contributed by atoms with Gasteiger partial charge in [0, 0.05) is 47.7 Å². The largest absolute Gasteiger partial charge is 0.508 e. The van der Waals surface area contributed by atoms with Crippen molar-refractivity contribution < 1.29 is 9.84 Å². The van der Waals surface area contributed by atoms with Crippen molar-refractivity contribution in [3.63, 3.8) is 0 Å². The van der Waals surface area contributed by atoms with Gasteiger partial charge in [0.25, 0.3) is 0 Å². The summed E-state index contributed by atoms with van der Waals surface area (Å²) in [5, 5.41) is 14.1. The Morgan fingerprint density at radius 1 is 0.921 bits per heavy atom. The van der Waals surface area contributed by atoms with Crippen LogP contribution < -0.4 is 15.1 Å². The van der Waals surface area contributed by atoms with Crippen LogP contribution in [0.2, 0.25) is 0 Å². The Morgan fingerprint density at radius 3 is 2.29 bits per heavy atom. The van der Waals surface area contributed by atoms with Gasteiger partial charge in [0.05, 0.1) is 31.0 Å². The number of rotatable bonds is 5. The molecule has 0 radical (unpaired) electrons. The lowest BCUT2D eigenvalue weighted by Crippen LogP contribution is -2.36. The average Bonchev–Trinajstić information content (AvgIpc) is 3.45. The number of hydrogen-bond donors (Lipinski definition) is 2. The summed E-state index contributed by atoms with van der Waals surface area (Å²) in [5.74, 6) is 0.225. The van der Waals surface area contributed by atoms with Crippen molar-refractivity contribution in [3.8, 4) is 11.4 Å². The second kappa shape index (κ2) is 10.1. The van der Waals surface area contributed by atoms with Crippen LogP contribution in [0, 0.1) is 13.8 Å². The van der Waals surface area contributed by atoms with Crippen LogP contribution >= 0.6 is 12.2 Å². The minimum Gasteiger partial charge on any atom is -0.508 e. The lowest BCUT2D eigenvalue weighted by Gasteiger charge is -2.29. The zero-order chi connectivity index (χ0) is 26.2. The second-order valence-electron chi connectivity index (χ2n) is 9.79. The minimum absolute atomic E-state index is 0.116. The van der Waals surface area contributed by atoms with Crippen LogP contribution in [0.4, 0.5) is 11.4 Å². The number of morpholine rings is 1. The quantitative estimate of drug-likeness (QED) is 0.347. The first-order valence-electron chi connectivity index (χ1n) is 12.9. The zero-order valence-corrected chi connectivity index (χ0v) is 22.4. The fourth-order valence-electron chi connectivity index (χ4n) is 5.68. The number of anilines is 2. The van der Waals surface area contributed by atoms with Crippen molar-refractivity contribution in [2.45, 2.75) is 25.9 Å². The summed E-state index contributed by atoms with van der Waals surface area (Å²) in [4.78, 5) is 9.18. The molecule has 2 fully saturated rings. The minimum atomic E-state index is -0.129. The van der Waals surface area contributed by atoms with Gasteiger partial charge in [0.2, 0.25) is 0 Å². The maximum absolute atomic E-state index is 9.90. The highest BCUT2D eigenvalue weighted by atomic mass is 32.1. The monoisotopic (exact) mass is 525 g/mol. The summed E-state index contributed by atoms with van der Waals surface area (Å²) >= 11 is 5.87. The number of benzene rings is 2. The number of aryl methyl sites for hydroxylation is 1. The van der Waals surface area contributed by atoms with E-state index >= 15 is 0 Å². The number of phenolic OH excluding ortho intramolecular Hbond substituents is 1. The molecule has 0 saturated carbocycles. The summed E-state index contributed by atoms with van der Waals surface area (Å²) < 4.78 is 7.82. The van der Waals surface area contributed by atoms with Gasteiger partial charge in [-0.15, -0.1) is 0 Å². The number of nitrogens with one attached hydrogen (secondary N) is 1. The van der Waals surface area contributed by atoms with Crippen LogP contribution in [0.5, 0.6) is 5.75 Å². The van der Waals surface area contributed by atoms with E-state index in [2.05, 4.69) is 68.8 Å². The molecule has 0 unspecified atom stereocenters. The number of hydrogen-bond acceptors (Lipinski definition) is 5. The molecule has 0 spiro atoms. The molecule has 2 atom stereocenters. The molecule has 7 nitrogen and oxygen atoms in total. The molecule has 2 aliphatic rings. The fourth-order valence-corrected chi connectivity index (χ4v) is 6.03. The second-order valence-corrected chi connectivity index (χ2v) is 10.2. The Labute approximate surface area is 228 Å². The third kappa shape index (κ3) is 4.40. The number of phenols is 1. The molecule has 0 bridgehead atoms. The molecule has 194 valence electrons. The van der Waals surface area contributed by atoms with Crippen LogP contribution in [0.15, 0.2) is 79.0 Å². The molecular formula is C30H31N5O2S.